The summed E-state index contributed by atoms with van der Waals surface area (Å²) in [5.74, 6) is 0. The van der Waals surface area contributed by atoms with Gasteiger partial charge in [-0.05, 0) is 39.2 Å². The van der Waals surface area contributed by atoms with Crippen molar-refractivity contribution >= 4 is 5.69 Å². The lowest BCUT2D eigenvalue weighted by molar-refractivity contribution is 0.285. The Kier molecular flexibility index (Phi) is 5.29. The monoisotopic (exact) mass is 221 g/mol. The van der Waals surface area contributed by atoms with Crippen LogP contribution in [0.5, 0.6) is 0 Å². The molecule has 0 fully saturated rings. The Hall–Kier alpha value is -1.06. The molecule has 0 spiro atoms. The first-order chi connectivity index (χ1) is 7.65. The third kappa shape index (κ3) is 3.83. The molecule has 1 atom stereocenters. The molecular formula is C13H23N3. The molecule has 0 aliphatic rings. The number of benzene rings is 1. The molecule has 3 heteroatoms. The maximum atomic E-state index is 5.64. The van der Waals surface area contributed by atoms with Gasteiger partial charge in [-0.1, -0.05) is 18.2 Å². The van der Waals surface area contributed by atoms with Gasteiger partial charge in [-0.2, -0.15) is 0 Å². The zero-order chi connectivity index (χ0) is 12.0. The van der Waals surface area contributed by atoms with E-state index in [-0.39, 0.29) is 0 Å². The van der Waals surface area contributed by atoms with E-state index < -0.39 is 0 Å². The lowest BCUT2D eigenvalue weighted by Crippen LogP contribution is -2.40. The molecule has 0 aliphatic heterocycles. The first-order valence-electron chi connectivity index (χ1n) is 5.78. The molecule has 0 saturated heterocycles. The normalized spacial score (nSPS) is 12.8. The average Bonchev–Trinajstić information content (AvgIpc) is 2.29. The number of nitrogens with two attached hydrogens (primary N) is 1. The lowest BCUT2D eigenvalue weighted by atomic mass is 10.1. The SMILES string of the molecule is CN(CC(CCN)N(C)C)c1ccccc1. The van der Waals surface area contributed by atoms with Gasteiger partial charge in [0.2, 0.25) is 0 Å². The van der Waals surface area contributed by atoms with Gasteiger partial charge in [-0.15, -0.1) is 0 Å². The molecule has 0 bridgehead atoms. The second-order valence-electron chi connectivity index (χ2n) is 4.41. The zero-order valence-corrected chi connectivity index (χ0v) is 10.6. The largest absolute Gasteiger partial charge is 0.373 e. The molecular weight excluding hydrogens is 198 g/mol. The second kappa shape index (κ2) is 6.51. The fourth-order valence-corrected chi connectivity index (χ4v) is 1.81. The van der Waals surface area contributed by atoms with Crippen molar-refractivity contribution in [2.45, 2.75) is 12.5 Å². The van der Waals surface area contributed by atoms with Crippen LogP contribution in [0.4, 0.5) is 5.69 Å². The van der Waals surface area contributed by atoms with Gasteiger partial charge in [0.1, 0.15) is 0 Å². The van der Waals surface area contributed by atoms with Gasteiger partial charge in [0.15, 0.2) is 0 Å². The minimum Gasteiger partial charge on any atom is -0.373 e. The van der Waals surface area contributed by atoms with E-state index in [0.717, 1.165) is 19.5 Å². The van der Waals surface area contributed by atoms with Crippen LogP contribution in [-0.4, -0.2) is 45.2 Å². The van der Waals surface area contributed by atoms with Crippen LogP contribution in [0.15, 0.2) is 30.3 Å². The Morgan fingerprint density at radius 2 is 1.75 bits per heavy atom. The third-order valence-electron chi connectivity index (χ3n) is 2.91. The molecule has 1 unspecified atom stereocenters. The Morgan fingerprint density at radius 3 is 2.25 bits per heavy atom. The quantitative estimate of drug-likeness (QED) is 0.788. The Balaban J connectivity index is 2.58. The van der Waals surface area contributed by atoms with E-state index >= 15 is 0 Å². The van der Waals surface area contributed by atoms with Crippen molar-refractivity contribution in [1.82, 2.24) is 4.90 Å². The molecule has 2 N–H and O–H groups in total. The fraction of sp³-hybridized carbons (Fsp3) is 0.538. The van der Waals surface area contributed by atoms with E-state index in [2.05, 4.69) is 55.2 Å². The molecule has 1 aromatic carbocycles. The molecule has 16 heavy (non-hydrogen) atoms. The van der Waals surface area contributed by atoms with E-state index in [4.69, 9.17) is 5.73 Å². The standard InChI is InChI=1S/C13H23N3/c1-15(2)13(9-10-14)11-16(3)12-7-5-4-6-8-12/h4-8,13H,9-11,14H2,1-3H3. The number of para-hydroxylation sites is 1. The van der Waals surface area contributed by atoms with Crippen molar-refractivity contribution in [1.29, 1.82) is 0 Å². The summed E-state index contributed by atoms with van der Waals surface area (Å²) in [5, 5.41) is 0. The molecule has 3 nitrogen and oxygen atoms in total. The maximum absolute atomic E-state index is 5.64. The summed E-state index contributed by atoms with van der Waals surface area (Å²) in [7, 11) is 6.35. The van der Waals surface area contributed by atoms with Gasteiger partial charge in [-0.3, -0.25) is 0 Å². The summed E-state index contributed by atoms with van der Waals surface area (Å²) >= 11 is 0. The van der Waals surface area contributed by atoms with Crippen molar-refractivity contribution in [2.24, 2.45) is 5.73 Å². The predicted octanol–water partition coefficient (Wildman–Crippen LogP) is 1.40. The highest BCUT2D eigenvalue weighted by molar-refractivity contribution is 5.45. The number of likely N-dealkylation sites (N-methyl/N-ethyl adjacent to an activating group) is 2. The number of nitrogens with zero attached hydrogens (tertiary/aromatic N) is 2. The van der Waals surface area contributed by atoms with Gasteiger partial charge < -0.3 is 15.5 Å². The number of anilines is 1. The third-order valence-corrected chi connectivity index (χ3v) is 2.91. The van der Waals surface area contributed by atoms with Gasteiger partial charge in [0, 0.05) is 25.3 Å². The smallest absolute Gasteiger partial charge is 0.0364 e. The zero-order valence-electron chi connectivity index (χ0n) is 10.6. The number of hydrogen-bond acceptors (Lipinski definition) is 3. The summed E-state index contributed by atoms with van der Waals surface area (Å²) < 4.78 is 0. The van der Waals surface area contributed by atoms with Gasteiger partial charge in [0.05, 0.1) is 0 Å². The average molecular weight is 221 g/mol. The van der Waals surface area contributed by atoms with Gasteiger partial charge in [0.25, 0.3) is 0 Å². The molecule has 0 aromatic heterocycles. The fourth-order valence-electron chi connectivity index (χ4n) is 1.81. The van der Waals surface area contributed by atoms with Gasteiger partial charge in [-0.25, -0.2) is 0 Å². The molecule has 0 aliphatic carbocycles. The highest BCUT2D eigenvalue weighted by Crippen LogP contribution is 2.13. The van der Waals surface area contributed by atoms with Crippen molar-refractivity contribution in [2.75, 3.05) is 39.1 Å². The summed E-state index contributed by atoms with van der Waals surface area (Å²) in [5.41, 5.74) is 6.89. The van der Waals surface area contributed by atoms with Crippen molar-refractivity contribution in [3.63, 3.8) is 0 Å². The van der Waals surface area contributed by atoms with E-state index in [9.17, 15) is 0 Å². The molecule has 1 aromatic rings. The summed E-state index contributed by atoms with van der Waals surface area (Å²) in [6.07, 6.45) is 1.03. The van der Waals surface area contributed by atoms with Crippen molar-refractivity contribution in [3.8, 4) is 0 Å². The number of hydrogen-bond donors (Lipinski definition) is 1. The second-order valence-corrected chi connectivity index (χ2v) is 4.41. The molecule has 0 saturated carbocycles. The van der Waals surface area contributed by atoms with Crippen molar-refractivity contribution < 1.29 is 0 Å². The van der Waals surface area contributed by atoms with E-state index in [1.807, 2.05) is 6.07 Å². The maximum Gasteiger partial charge on any atom is 0.0364 e. The van der Waals surface area contributed by atoms with Crippen LogP contribution in [-0.2, 0) is 0 Å². The number of rotatable bonds is 6. The first kappa shape index (κ1) is 13.0. The van der Waals surface area contributed by atoms with Gasteiger partial charge >= 0.3 is 0 Å². The minimum absolute atomic E-state index is 0.509. The summed E-state index contributed by atoms with van der Waals surface area (Å²) in [4.78, 5) is 4.52. The van der Waals surface area contributed by atoms with Crippen LogP contribution in [0.25, 0.3) is 0 Å². The van der Waals surface area contributed by atoms with Crippen molar-refractivity contribution in [3.05, 3.63) is 30.3 Å². The summed E-state index contributed by atoms with van der Waals surface area (Å²) in [6, 6.07) is 11.0. The van der Waals surface area contributed by atoms with Crippen LogP contribution in [0.3, 0.4) is 0 Å². The highest BCUT2D eigenvalue weighted by atomic mass is 15.2. The van der Waals surface area contributed by atoms with E-state index in [1.165, 1.54) is 5.69 Å². The van der Waals surface area contributed by atoms with Crippen LogP contribution in [0, 0.1) is 0 Å². The van der Waals surface area contributed by atoms with Crippen LogP contribution < -0.4 is 10.6 Å². The lowest BCUT2D eigenvalue weighted by Gasteiger charge is -2.30. The minimum atomic E-state index is 0.509. The van der Waals surface area contributed by atoms with E-state index in [0.29, 0.717) is 6.04 Å². The molecule has 90 valence electrons. The Bertz CT molecular complexity index is 284. The van der Waals surface area contributed by atoms with E-state index in [1.54, 1.807) is 0 Å². The van der Waals surface area contributed by atoms with Crippen LogP contribution in [0.2, 0.25) is 0 Å². The molecule has 0 amide bonds. The summed E-state index contributed by atoms with van der Waals surface area (Å²) in [6.45, 7) is 1.75. The first-order valence-corrected chi connectivity index (χ1v) is 5.78. The topological polar surface area (TPSA) is 32.5 Å². The highest BCUT2D eigenvalue weighted by Gasteiger charge is 2.13. The predicted molar refractivity (Wildman–Crippen MR) is 70.9 cm³/mol. The Labute approximate surface area is 98.8 Å². The molecule has 0 radical (unpaired) electrons. The molecule has 0 heterocycles. The van der Waals surface area contributed by atoms with Crippen LogP contribution in [0.1, 0.15) is 6.42 Å². The molecule has 1 rings (SSSR count). The van der Waals surface area contributed by atoms with Crippen LogP contribution >= 0.6 is 0 Å². The Morgan fingerprint density at radius 1 is 1.12 bits per heavy atom.